The number of nitrogens with zero attached hydrogens (tertiary/aromatic N) is 1. The van der Waals surface area contributed by atoms with Crippen molar-refractivity contribution in [2.75, 3.05) is 11.9 Å². The van der Waals surface area contributed by atoms with Crippen molar-refractivity contribution < 1.29 is 23.8 Å². The Morgan fingerprint density at radius 2 is 1.64 bits per heavy atom. The van der Waals surface area contributed by atoms with E-state index in [9.17, 15) is 9.59 Å². The average molecular weight is 488 g/mol. The van der Waals surface area contributed by atoms with Gasteiger partial charge in [-0.05, 0) is 74.9 Å². The summed E-state index contributed by atoms with van der Waals surface area (Å²) in [4.78, 5) is 23.9. The lowest BCUT2D eigenvalue weighted by atomic mass is 10.2. The van der Waals surface area contributed by atoms with Crippen LogP contribution >= 0.6 is 0 Å². The fourth-order valence-corrected chi connectivity index (χ4v) is 3.08. The number of rotatable bonds is 9. The molecule has 8 nitrogen and oxygen atoms in total. The molecule has 0 spiro atoms. The van der Waals surface area contributed by atoms with Crippen LogP contribution in [0.3, 0.4) is 0 Å². The van der Waals surface area contributed by atoms with Gasteiger partial charge in [-0.2, -0.15) is 5.26 Å². The number of nitrogens with one attached hydrogen (secondary N) is 2. The van der Waals surface area contributed by atoms with Crippen molar-refractivity contribution in [3.05, 3.63) is 83.9 Å². The van der Waals surface area contributed by atoms with Gasteiger partial charge in [0.05, 0.1) is 11.6 Å². The summed E-state index contributed by atoms with van der Waals surface area (Å²) in [5.41, 5.74) is 1.48. The fraction of sp³-hybridized carbons (Fsp3) is 0.250. The molecular weight excluding hydrogens is 458 g/mol. The summed E-state index contributed by atoms with van der Waals surface area (Å²) in [5.74, 6) is 1.63. The molecule has 0 aliphatic heterocycles. The number of anilines is 1. The van der Waals surface area contributed by atoms with Crippen molar-refractivity contribution in [3.63, 3.8) is 0 Å². The van der Waals surface area contributed by atoms with E-state index in [1.165, 1.54) is 0 Å². The number of hydrogen-bond acceptors (Lipinski definition) is 6. The van der Waals surface area contributed by atoms with Gasteiger partial charge >= 0.3 is 6.09 Å². The van der Waals surface area contributed by atoms with Crippen molar-refractivity contribution in [1.29, 1.82) is 5.26 Å². The smallest absolute Gasteiger partial charge is 0.407 e. The third-order valence-electron chi connectivity index (χ3n) is 4.66. The Bertz CT molecular complexity index is 1230. The maximum Gasteiger partial charge on any atom is 0.407 e. The Morgan fingerprint density at radius 1 is 0.917 bits per heavy atom. The minimum atomic E-state index is -0.589. The second-order valence-electron chi connectivity index (χ2n) is 8.93. The molecule has 3 aromatic rings. The van der Waals surface area contributed by atoms with Crippen LogP contribution in [0.4, 0.5) is 10.5 Å². The zero-order valence-corrected chi connectivity index (χ0v) is 20.5. The summed E-state index contributed by atoms with van der Waals surface area (Å²) in [7, 11) is 0. The first-order valence-electron chi connectivity index (χ1n) is 11.5. The van der Waals surface area contributed by atoms with Crippen LogP contribution in [0.2, 0.25) is 0 Å². The summed E-state index contributed by atoms with van der Waals surface area (Å²) >= 11 is 0. The molecule has 0 unspecified atom stereocenters. The Labute approximate surface area is 210 Å². The molecule has 0 saturated heterocycles. The van der Waals surface area contributed by atoms with Crippen molar-refractivity contribution >= 4 is 17.7 Å². The van der Waals surface area contributed by atoms with Crippen molar-refractivity contribution in [1.82, 2.24) is 5.32 Å². The molecule has 0 fully saturated rings. The average Bonchev–Trinajstić information content (AvgIpc) is 2.82. The van der Waals surface area contributed by atoms with Crippen LogP contribution < -0.4 is 20.1 Å². The molecule has 0 heterocycles. The SMILES string of the molecule is CC(C)(C)OC(=O)NCCC(=O)Nc1cccc(COc2cccc(Oc3ccc(C#N)cc3)c2)c1. The lowest BCUT2D eigenvalue weighted by Gasteiger charge is -2.19. The topological polar surface area (TPSA) is 110 Å². The van der Waals surface area contributed by atoms with Crippen LogP contribution in [-0.4, -0.2) is 24.1 Å². The van der Waals surface area contributed by atoms with Crippen LogP contribution in [0.15, 0.2) is 72.8 Å². The van der Waals surface area contributed by atoms with Gasteiger partial charge in [-0.25, -0.2) is 4.79 Å². The van der Waals surface area contributed by atoms with E-state index in [1.807, 2.05) is 36.4 Å². The molecule has 3 aromatic carbocycles. The number of nitriles is 1. The highest BCUT2D eigenvalue weighted by molar-refractivity contribution is 5.91. The van der Waals surface area contributed by atoms with E-state index < -0.39 is 11.7 Å². The number of ether oxygens (including phenoxy) is 3. The minimum Gasteiger partial charge on any atom is -0.489 e. The van der Waals surface area contributed by atoms with E-state index in [1.54, 1.807) is 57.2 Å². The van der Waals surface area contributed by atoms with E-state index in [0.717, 1.165) is 5.56 Å². The van der Waals surface area contributed by atoms with Gasteiger partial charge in [-0.3, -0.25) is 4.79 Å². The molecule has 0 radical (unpaired) electrons. The lowest BCUT2D eigenvalue weighted by molar-refractivity contribution is -0.116. The molecule has 186 valence electrons. The second-order valence-corrected chi connectivity index (χ2v) is 8.93. The predicted octanol–water partition coefficient (Wildman–Crippen LogP) is 5.78. The van der Waals surface area contributed by atoms with Gasteiger partial charge in [0, 0.05) is 24.7 Å². The monoisotopic (exact) mass is 487 g/mol. The zero-order valence-electron chi connectivity index (χ0n) is 20.5. The van der Waals surface area contributed by atoms with Crippen LogP contribution in [0.1, 0.15) is 38.3 Å². The highest BCUT2D eigenvalue weighted by atomic mass is 16.6. The van der Waals surface area contributed by atoms with Crippen LogP contribution in [0.25, 0.3) is 0 Å². The Balaban J connectivity index is 1.48. The molecule has 8 heteroatoms. The number of hydrogen-bond donors (Lipinski definition) is 2. The van der Waals surface area contributed by atoms with Crippen LogP contribution in [-0.2, 0) is 16.1 Å². The highest BCUT2D eigenvalue weighted by Crippen LogP contribution is 2.26. The Morgan fingerprint density at radius 3 is 2.36 bits per heavy atom. The summed E-state index contributed by atoms with van der Waals surface area (Å²) < 4.78 is 16.9. The molecule has 2 N–H and O–H groups in total. The van der Waals surface area contributed by atoms with Crippen molar-refractivity contribution in [2.45, 2.75) is 39.4 Å². The third-order valence-corrected chi connectivity index (χ3v) is 4.66. The first-order chi connectivity index (χ1) is 17.2. The summed E-state index contributed by atoms with van der Waals surface area (Å²) in [6, 6.07) is 23.5. The molecule has 0 aliphatic rings. The third kappa shape index (κ3) is 9.03. The van der Waals surface area contributed by atoms with Gasteiger partial charge in [-0.1, -0.05) is 18.2 Å². The Kier molecular flexibility index (Phi) is 8.89. The quantitative estimate of drug-likeness (QED) is 0.396. The molecule has 3 rings (SSSR count). The number of carbonyl (C=O) groups is 2. The molecule has 0 aromatic heterocycles. The maximum absolute atomic E-state index is 12.2. The molecule has 0 bridgehead atoms. The van der Waals surface area contributed by atoms with Crippen LogP contribution in [0.5, 0.6) is 17.2 Å². The maximum atomic E-state index is 12.2. The van der Waals surface area contributed by atoms with E-state index in [2.05, 4.69) is 16.7 Å². The van der Waals surface area contributed by atoms with E-state index >= 15 is 0 Å². The molecule has 0 aliphatic carbocycles. The van der Waals surface area contributed by atoms with E-state index in [4.69, 9.17) is 19.5 Å². The first kappa shape index (κ1) is 26.1. The molecule has 0 saturated carbocycles. The Hall–Kier alpha value is -4.51. The zero-order chi connectivity index (χ0) is 26.0. The van der Waals surface area contributed by atoms with Crippen LogP contribution in [0, 0.1) is 11.3 Å². The van der Waals surface area contributed by atoms with Crippen molar-refractivity contribution in [3.8, 4) is 23.3 Å². The van der Waals surface area contributed by atoms with Gasteiger partial charge < -0.3 is 24.8 Å². The predicted molar refractivity (Wildman–Crippen MR) is 136 cm³/mol. The van der Waals surface area contributed by atoms with Gasteiger partial charge in [0.25, 0.3) is 0 Å². The first-order valence-corrected chi connectivity index (χ1v) is 11.5. The molecule has 36 heavy (non-hydrogen) atoms. The van der Waals surface area contributed by atoms with Gasteiger partial charge in [0.2, 0.25) is 5.91 Å². The highest BCUT2D eigenvalue weighted by Gasteiger charge is 2.16. The summed E-state index contributed by atoms with van der Waals surface area (Å²) in [6.07, 6.45) is -0.438. The normalized spacial score (nSPS) is 10.6. The lowest BCUT2D eigenvalue weighted by Crippen LogP contribution is -2.34. The molecule has 0 atom stereocenters. The number of benzene rings is 3. The number of carbonyl (C=O) groups excluding carboxylic acids is 2. The van der Waals surface area contributed by atoms with Crippen molar-refractivity contribution in [2.24, 2.45) is 0 Å². The van der Waals surface area contributed by atoms with E-state index in [0.29, 0.717) is 35.1 Å². The fourth-order valence-electron chi connectivity index (χ4n) is 3.08. The minimum absolute atomic E-state index is 0.117. The summed E-state index contributed by atoms with van der Waals surface area (Å²) in [5, 5.41) is 14.3. The second kappa shape index (κ2) is 12.3. The van der Waals surface area contributed by atoms with Gasteiger partial charge in [-0.15, -0.1) is 0 Å². The number of alkyl carbamates (subject to hydrolysis) is 1. The standard InChI is InChI=1S/C28H29N3O5/c1-28(2,3)36-27(33)30-15-14-26(32)31-22-7-4-6-21(16-22)19-34-24-8-5-9-25(17-24)35-23-12-10-20(18-29)11-13-23/h4-13,16-17H,14-15,19H2,1-3H3,(H,30,33)(H,31,32). The van der Waals surface area contributed by atoms with E-state index in [-0.39, 0.29) is 18.9 Å². The van der Waals surface area contributed by atoms with Gasteiger partial charge in [0.15, 0.2) is 0 Å². The molecular formula is C28H29N3O5. The van der Waals surface area contributed by atoms with Gasteiger partial charge in [0.1, 0.15) is 29.5 Å². The molecule has 2 amide bonds. The number of amides is 2. The largest absolute Gasteiger partial charge is 0.489 e. The summed E-state index contributed by atoms with van der Waals surface area (Å²) in [6.45, 7) is 5.79.